The lowest BCUT2D eigenvalue weighted by Gasteiger charge is -2.18. The van der Waals surface area contributed by atoms with Crippen LogP contribution in [0.5, 0.6) is 11.5 Å². The maximum Gasteiger partial charge on any atom is 0.307 e. The molecule has 1 aliphatic rings. The highest BCUT2D eigenvalue weighted by molar-refractivity contribution is 5.71. The number of ether oxygens (including phenoxy) is 3. The van der Waals surface area contributed by atoms with Crippen LogP contribution in [0.15, 0.2) is 18.2 Å². The van der Waals surface area contributed by atoms with Crippen LogP contribution in [0.25, 0.3) is 0 Å². The Balaban J connectivity index is 2.21. The second-order valence-electron chi connectivity index (χ2n) is 5.40. The predicted octanol–water partition coefficient (Wildman–Crippen LogP) is 3.19. The molecule has 0 heterocycles. The van der Waals surface area contributed by atoms with Gasteiger partial charge in [-0.25, -0.2) is 0 Å². The Morgan fingerprint density at radius 1 is 1.32 bits per heavy atom. The van der Waals surface area contributed by atoms with Gasteiger partial charge in [0.25, 0.3) is 0 Å². The van der Waals surface area contributed by atoms with Crippen LogP contribution in [0.2, 0.25) is 0 Å². The summed E-state index contributed by atoms with van der Waals surface area (Å²) in [5.74, 6) is 0.326. The van der Waals surface area contributed by atoms with Gasteiger partial charge in [0, 0.05) is 0 Å². The van der Waals surface area contributed by atoms with Crippen molar-refractivity contribution in [1.29, 1.82) is 5.26 Å². The topological polar surface area (TPSA) is 68.6 Å². The molecule has 2 rings (SSSR count). The molecule has 0 amide bonds. The summed E-state index contributed by atoms with van der Waals surface area (Å²) in [6.45, 7) is 0. The van der Waals surface area contributed by atoms with Gasteiger partial charge in [-0.2, -0.15) is 5.26 Å². The van der Waals surface area contributed by atoms with E-state index < -0.39 is 11.9 Å². The van der Waals surface area contributed by atoms with Crippen LogP contribution >= 0.6 is 0 Å². The molecule has 0 radical (unpaired) electrons. The summed E-state index contributed by atoms with van der Waals surface area (Å²) < 4.78 is 16.0. The lowest BCUT2D eigenvalue weighted by molar-refractivity contribution is -0.140. The van der Waals surface area contributed by atoms with Crippen molar-refractivity contribution in [1.82, 2.24) is 0 Å². The van der Waals surface area contributed by atoms with Gasteiger partial charge >= 0.3 is 5.97 Å². The van der Waals surface area contributed by atoms with Crippen molar-refractivity contribution in [3.63, 3.8) is 0 Å². The van der Waals surface area contributed by atoms with E-state index in [-0.39, 0.29) is 12.5 Å². The smallest absolute Gasteiger partial charge is 0.307 e. The van der Waals surface area contributed by atoms with Crippen LogP contribution in [0.1, 0.15) is 43.6 Å². The number of carbonyl (C=O) groups is 1. The minimum Gasteiger partial charge on any atom is -0.493 e. The zero-order chi connectivity index (χ0) is 15.9. The molecule has 22 heavy (non-hydrogen) atoms. The SMILES string of the molecule is COC(=O)CC(C#N)c1ccc(OC)c(OC2CCCC2)c1. The number of benzene rings is 1. The number of hydrogen-bond acceptors (Lipinski definition) is 5. The van der Waals surface area contributed by atoms with Gasteiger partial charge in [0.2, 0.25) is 0 Å². The van der Waals surface area contributed by atoms with Crippen molar-refractivity contribution in [3.8, 4) is 17.6 Å². The highest BCUT2D eigenvalue weighted by Gasteiger charge is 2.21. The summed E-state index contributed by atoms with van der Waals surface area (Å²) in [5, 5.41) is 9.30. The van der Waals surface area contributed by atoms with Gasteiger partial charge in [-0.05, 0) is 43.4 Å². The van der Waals surface area contributed by atoms with Crippen LogP contribution in [0.4, 0.5) is 0 Å². The normalized spacial score (nSPS) is 15.9. The van der Waals surface area contributed by atoms with E-state index in [1.165, 1.54) is 20.0 Å². The molecule has 1 aromatic carbocycles. The van der Waals surface area contributed by atoms with E-state index in [9.17, 15) is 10.1 Å². The Labute approximate surface area is 130 Å². The Hall–Kier alpha value is -2.22. The first kappa shape index (κ1) is 16.2. The second-order valence-corrected chi connectivity index (χ2v) is 5.40. The highest BCUT2D eigenvalue weighted by Crippen LogP contribution is 2.34. The number of rotatable bonds is 6. The second kappa shape index (κ2) is 7.69. The molecule has 1 aliphatic carbocycles. The molecule has 0 N–H and O–H groups in total. The molecule has 0 saturated heterocycles. The molecule has 0 aliphatic heterocycles. The van der Waals surface area contributed by atoms with Gasteiger partial charge < -0.3 is 14.2 Å². The molecule has 1 unspecified atom stereocenters. The zero-order valence-electron chi connectivity index (χ0n) is 13.0. The maximum atomic E-state index is 11.4. The molecular weight excluding hydrogens is 282 g/mol. The quantitative estimate of drug-likeness (QED) is 0.755. The first-order valence-corrected chi connectivity index (χ1v) is 7.49. The number of esters is 1. The number of carbonyl (C=O) groups excluding carboxylic acids is 1. The van der Waals surface area contributed by atoms with Crippen LogP contribution in [-0.4, -0.2) is 26.3 Å². The van der Waals surface area contributed by atoms with Crippen LogP contribution in [-0.2, 0) is 9.53 Å². The van der Waals surface area contributed by atoms with E-state index in [0.29, 0.717) is 11.5 Å². The summed E-state index contributed by atoms with van der Waals surface area (Å²) >= 11 is 0. The third-order valence-electron chi connectivity index (χ3n) is 3.94. The van der Waals surface area contributed by atoms with Crippen molar-refractivity contribution >= 4 is 5.97 Å². The first-order chi connectivity index (χ1) is 10.7. The lowest BCUT2D eigenvalue weighted by atomic mass is 9.97. The Morgan fingerprint density at radius 3 is 2.64 bits per heavy atom. The van der Waals surface area contributed by atoms with E-state index in [1.54, 1.807) is 25.3 Å². The van der Waals surface area contributed by atoms with Gasteiger partial charge in [-0.1, -0.05) is 6.07 Å². The predicted molar refractivity (Wildman–Crippen MR) is 80.9 cm³/mol. The van der Waals surface area contributed by atoms with E-state index in [0.717, 1.165) is 18.4 Å². The molecule has 0 spiro atoms. The highest BCUT2D eigenvalue weighted by atomic mass is 16.5. The number of hydrogen-bond donors (Lipinski definition) is 0. The summed E-state index contributed by atoms with van der Waals surface area (Å²) in [7, 11) is 2.91. The van der Waals surface area contributed by atoms with E-state index >= 15 is 0 Å². The van der Waals surface area contributed by atoms with Crippen LogP contribution in [0.3, 0.4) is 0 Å². The summed E-state index contributed by atoms with van der Waals surface area (Å²) in [5.41, 5.74) is 0.738. The summed E-state index contributed by atoms with van der Waals surface area (Å²) in [4.78, 5) is 11.4. The maximum absolute atomic E-state index is 11.4. The van der Waals surface area contributed by atoms with Gasteiger partial charge in [0.15, 0.2) is 11.5 Å². The molecule has 0 bridgehead atoms. The third-order valence-corrected chi connectivity index (χ3v) is 3.94. The summed E-state index contributed by atoms with van der Waals surface area (Å²) in [6.07, 6.45) is 4.66. The molecular formula is C17H21NO4. The number of methoxy groups -OCH3 is 2. The molecule has 1 aromatic rings. The van der Waals surface area contributed by atoms with Gasteiger partial charge in [-0.3, -0.25) is 4.79 Å². The average molecular weight is 303 g/mol. The third kappa shape index (κ3) is 3.91. The molecule has 5 nitrogen and oxygen atoms in total. The van der Waals surface area contributed by atoms with Crippen LogP contribution in [0, 0.1) is 11.3 Å². The number of nitriles is 1. The largest absolute Gasteiger partial charge is 0.493 e. The van der Waals surface area contributed by atoms with Crippen molar-refractivity contribution in [2.24, 2.45) is 0 Å². The molecule has 0 aromatic heterocycles. The minimum absolute atomic E-state index is 0.0300. The average Bonchev–Trinajstić information content (AvgIpc) is 3.05. The van der Waals surface area contributed by atoms with Crippen molar-refractivity contribution in [2.45, 2.75) is 44.1 Å². The first-order valence-electron chi connectivity index (χ1n) is 7.49. The molecule has 1 atom stereocenters. The number of nitrogens with zero attached hydrogens (tertiary/aromatic N) is 1. The monoisotopic (exact) mass is 303 g/mol. The standard InChI is InChI=1S/C17H21NO4/c1-20-15-8-7-12(13(11-18)10-17(19)21-2)9-16(15)22-14-5-3-4-6-14/h7-9,13-14H,3-6,10H2,1-2H3. The fraction of sp³-hybridized carbons (Fsp3) is 0.529. The Kier molecular flexibility index (Phi) is 5.65. The fourth-order valence-electron chi connectivity index (χ4n) is 2.68. The van der Waals surface area contributed by atoms with Gasteiger partial charge in [0.1, 0.15) is 0 Å². The fourth-order valence-corrected chi connectivity index (χ4v) is 2.68. The van der Waals surface area contributed by atoms with Gasteiger partial charge in [0.05, 0.1) is 38.7 Å². The van der Waals surface area contributed by atoms with E-state index in [1.807, 2.05) is 0 Å². The lowest BCUT2D eigenvalue weighted by Crippen LogP contribution is -2.12. The molecule has 5 heteroatoms. The van der Waals surface area contributed by atoms with E-state index in [4.69, 9.17) is 9.47 Å². The zero-order valence-corrected chi connectivity index (χ0v) is 13.0. The molecule has 1 saturated carbocycles. The van der Waals surface area contributed by atoms with Gasteiger partial charge in [-0.15, -0.1) is 0 Å². The van der Waals surface area contributed by atoms with Crippen molar-refractivity contribution in [3.05, 3.63) is 23.8 Å². The Bertz CT molecular complexity index is 558. The van der Waals surface area contributed by atoms with E-state index in [2.05, 4.69) is 10.8 Å². The van der Waals surface area contributed by atoms with Crippen LogP contribution < -0.4 is 9.47 Å². The van der Waals surface area contributed by atoms with Crippen molar-refractivity contribution < 1.29 is 19.0 Å². The van der Waals surface area contributed by atoms with Crippen molar-refractivity contribution in [2.75, 3.05) is 14.2 Å². The summed E-state index contributed by atoms with van der Waals surface area (Å²) in [6, 6.07) is 7.51. The minimum atomic E-state index is -0.552. The molecule has 1 fully saturated rings. The molecule has 118 valence electrons. The Morgan fingerprint density at radius 2 is 2.05 bits per heavy atom.